The Hall–Kier alpha value is -2.05. The lowest BCUT2D eigenvalue weighted by atomic mass is 10.0. The normalized spacial score (nSPS) is 13.1. The lowest BCUT2D eigenvalue weighted by Crippen LogP contribution is -2.62. The summed E-state index contributed by atoms with van der Waals surface area (Å²) in [6.07, 6.45) is -13.1. The van der Waals surface area contributed by atoms with E-state index in [0.29, 0.717) is 0 Å². The lowest BCUT2D eigenvalue weighted by molar-refractivity contribution is -0.357. The Balaban J connectivity index is 3.13. The van der Waals surface area contributed by atoms with Crippen LogP contribution in [0.15, 0.2) is 6.07 Å². The Kier molecular flexibility index (Phi) is 5.09. The first-order valence-electron chi connectivity index (χ1n) is 5.49. The molecule has 0 bridgehead atoms. The monoisotopic (exact) mass is 374 g/mol. The highest BCUT2D eigenvalue weighted by atomic mass is 19.4. The van der Waals surface area contributed by atoms with E-state index in [4.69, 9.17) is 5.11 Å². The molecule has 0 unspecified atom stereocenters. The molecule has 0 aliphatic heterocycles. The van der Waals surface area contributed by atoms with E-state index in [-0.39, 0.29) is 6.07 Å². The molecular weight excluding hydrogens is 370 g/mol. The van der Waals surface area contributed by atoms with E-state index in [1.807, 2.05) is 0 Å². The highest BCUT2D eigenvalue weighted by Crippen LogP contribution is 2.44. The zero-order valence-corrected chi connectivity index (χ0v) is 10.8. The maximum absolute atomic E-state index is 13.2. The average Bonchev–Trinajstić information content (AvgIpc) is 2.43. The minimum absolute atomic E-state index is 0.152. The Labute approximate surface area is 125 Å². The number of hydrogen-bond acceptors (Lipinski definition) is 3. The van der Waals surface area contributed by atoms with Gasteiger partial charge in [0.1, 0.15) is 6.61 Å². The molecule has 0 heterocycles. The van der Waals surface area contributed by atoms with Crippen molar-refractivity contribution >= 4 is 5.97 Å². The Morgan fingerprint density at radius 2 is 1.38 bits per heavy atom. The molecule has 1 rings (SSSR count). The third kappa shape index (κ3) is 3.25. The summed E-state index contributed by atoms with van der Waals surface area (Å²) in [5, 5.41) is 8.63. The standard InChI is InChI=1S/C11H4F10O3/c12-4-1-3(5(13)7(15)6(4)14)2-24-8(22)9(23,10(16,17)18)11(19,20)21/h1,23H,2H2. The number of ether oxygens (including phenoxy) is 1. The minimum atomic E-state index is -6.56. The smallest absolute Gasteiger partial charge is 0.437 e. The number of carbonyl (C=O) groups excluding carboxylic acids is 1. The molecule has 136 valence electrons. The van der Waals surface area contributed by atoms with Crippen LogP contribution in [-0.2, 0) is 16.1 Å². The van der Waals surface area contributed by atoms with Crippen molar-refractivity contribution in [1.29, 1.82) is 0 Å². The van der Waals surface area contributed by atoms with E-state index < -0.39 is 59.4 Å². The van der Waals surface area contributed by atoms with E-state index in [2.05, 4.69) is 4.74 Å². The molecule has 0 radical (unpaired) electrons. The minimum Gasteiger partial charge on any atom is -0.458 e. The van der Waals surface area contributed by atoms with Crippen molar-refractivity contribution in [3.05, 3.63) is 34.9 Å². The molecule has 0 amide bonds. The van der Waals surface area contributed by atoms with Gasteiger partial charge in [0.2, 0.25) is 0 Å². The van der Waals surface area contributed by atoms with Crippen LogP contribution in [0.2, 0.25) is 0 Å². The molecule has 0 spiro atoms. The van der Waals surface area contributed by atoms with Gasteiger partial charge in [0.25, 0.3) is 0 Å². The van der Waals surface area contributed by atoms with Crippen LogP contribution in [-0.4, -0.2) is 29.0 Å². The molecule has 0 fully saturated rings. The van der Waals surface area contributed by atoms with Crippen molar-refractivity contribution in [2.75, 3.05) is 0 Å². The summed E-state index contributed by atoms with van der Waals surface area (Å²) >= 11 is 0. The summed E-state index contributed by atoms with van der Waals surface area (Å²) in [6, 6.07) is -0.152. The second kappa shape index (κ2) is 6.11. The second-order valence-electron chi connectivity index (χ2n) is 4.24. The van der Waals surface area contributed by atoms with Crippen LogP contribution in [0, 0.1) is 23.3 Å². The Morgan fingerprint density at radius 3 is 1.79 bits per heavy atom. The number of aliphatic hydroxyl groups is 1. The molecule has 0 saturated carbocycles. The number of benzene rings is 1. The SMILES string of the molecule is O=C(OCc1cc(F)c(F)c(F)c1F)C(O)(C(F)(F)F)C(F)(F)F. The maximum Gasteiger partial charge on any atom is 0.437 e. The van der Waals surface area contributed by atoms with Gasteiger partial charge in [-0.25, -0.2) is 22.4 Å². The van der Waals surface area contributed by atoms with Gasteiger partial charge in [-0.05, 0) is 6.07 Å². The summed E-state index contributed by atoms with van der Waals surface area (Å²) in [5.41, 5.74) is -7.35. The van der Waals surface area contributed by atoms with Gasteiger partial charge in [-0.2, -0.15) is 26.3 Å². The van der Waals surface area contributed by atoms with Gasteiger partial charge < -0.3 is 9.84 Å². The van der Waals surface area contributed by atoms with Crippen molar-refractivity contribution in [3.63, 3.8) is 0 Å². The molecule has 0 aliphatic rings. The van der Waals surface area contributed by atoms with E-state index in [9.17, 15) is 48.7 Å². The summed E-state index contributed by atoms with van der Waals surface area (Å²) in [4.78, 5) is 11.0. The van der Waals surface area contributed by atoms with Crippen molar-refractivity contribution in [3.8, 4) is 0 Å². The van der Waals surface area contributed by atoms with Crippen LogP contribution in [0.5, 0.6) is 0 Å². The molecule has 0 aliphatic carbocycles. The number of hydrogen-bond donors (Lipinski definition) is 1. The largest absolute Gasteiger partial charge is 0.458 e. The first-order valence-corrected chi connectivity index (χ1v) is 5.49. The third-order valence-electron chi connectivity index (χ3n) is 2.65. The first kappa shape index (κ1) is 20.0. The van der Waals surface area contributed by atoms with Gasteiger partial charge in [0.05, 0.1) is 0 Å². The van der Waals surface area contributed by atoms with Crippen molar-refractivity contribution in [1.82, 2.24) is 0 Å². The molecule has 0 saturated heterocycles. The molecule has 13 heteroatoms. The van der Waals surface area contributed by atoms with E-state index in [0.717, 1.165) is 0 Å². The molecular formula is C11H4F10O3. The molecule has 1 N–H and O–H groups in total. The van der Waals surface area contributed by atoms with Gasteiger partial charge in [-0.15, -0.1) is 0 Å². The summed E-state index contributed by atoms with van der Waals surface area (Å²) in [6.45, 7) is -1.84. The molecule has 0 aromatic heterocycles. The quantitative estimate of drug-likeness (QED) is 0.383. The van der Waals surface area contributed by atoms with Gasteiger partial charge in [0.15, 0.2) is 23.3 Å². The summed E-state index contributed by atoms with van der Waals surface area (Å²) < 4.78 is 129. The van der Waals surface area contributed by atoms with Crippen LogP contribution in [0.4, 0.5) is 43.9 Å². The lowest BCUT2D eigenvalue weighted by Gasteiger charge is -2.29. The zero-order chi connectivity index (χ0) is 19.1. The number of alkyl halides is 6. The van der Waals surface area contributed by atoms with Crippen molar-refractivity contribution in [2.45, 2.75) is 24.6 Å². The van der Waals surface area contributed by atoms with Crippen LogP contribution in [0.25, 0.3) is 0 Å². The first-order chi connectivity index (χ1) is 10.6. The highest BCUT2D eigenvalue weighted by Gasteiger charge is 2.76. The number of esters is 1. The summed E-state index contributed by atoms with van der Waals surface area (Å²) in [7, 11) is 0. The molecule has 1 aromatic carbocycles. The van der Waals surface area contributed by atoms with Crippen LogP contribution in [0.3, 0.4) is 0 Å². The van der Waals surface area contributed by atoms with E-state index >= 15 is 0 Å². The molecule has 0 atom stereocenters. The van der Waals surface area contributed by atoms with Gasteiger partial charge in [-0.3, -0.25) is 0 Å². The molecule has 1 aromatic rings. The average molecular weight is 374 g/mol. The van der Waals surface area contributed by atoms with Crippen LogP contribution >= 0.6 is 0 Å². The fourth-order valence-electron chi connectivity index (χ4n) is 1.37. The predicted molar refractivity (Wildman–Crippen MR) is 53.1 cm³/mol. The van der Waals surface area contributed by atoms with E-state index in [1.165, 1.54) is 0 Å². The van der Waals surface area contributed by atoms with Crippen LogP contribution < -0.4 is 0 Å². The summed E-state index contributed by atoms with van der Waals surface area (Å²) in [5.74, 6) is -12.3. The van der Waals surface area contributed by atoms with Crippen molar-refractivity contribution in [2.24, 2.45) is 0 Å². The predicted octanol–water partition coefficient (Wildman–Crippen LogP) is 3.14. The number of halogens is 10. The topological polar surface area (TPSA) is 46.5 Å². The third-order valence-corrected chi connectivity index (χ3v) is 2.65. The van der Waals surface area contributed by atoms with Gasteiger partial charge in [0, 0.05) is 5.56 Å². The number of rotatable bonds is 3. The Bertz CT molecular complexity index is 635. The molecule has 24 heavy (non-hydrogen) atoms. The van der Waals surface area contributed by atoms with Gasteiger partial charge in [-0.1, -0.05) is 0 Å². The second-order valence-corrected chi connectivity index (χ2v) is 4.24. The maximum atomic E-state index is 13.2. The fraction of sp³-hybridized carbons (Fsp3) is 0.364. The van der Waals surface area contributed by atoms with Crippen LogP contribution in [0.1, 0.15) is 5.56 Å². The Morgan fingerprint density at radius 1 is 0.917 bits per heavy atom. The van der Waals surface area contributed by atoms with Gasteiger partial charge >= 0.3 is 23.9 Å². The highest BCUT2D eigenvalue weighted by molar-refractivity contribution is 5.81. The zero-order valence-electron chi connectivity index (χ0n) is 10.8. The molecule has 3 nitrogen and oxygen atoms in total. The number of carbonyl (C=O) groups is 1. The van der Waals surface area contributed by atoms with E-state index in [1.54, 1.807) is 0 Å². The fourth-order valence-corrected chi connectivity index (χ4v) is 1.37. The van der Waals surface area contributed by atoms with Crippen molar-refractivity contribution < 1.29 is 58.5 Å².